The zero-order valence-electron chi connectivity index (χ0n) is 11.7. The van der Waals surface area contributed by atoms with Crippen LogP contribution in [0.15, 0.2) is 6.07 Å². The highest BCUT2D eigenvalue weighted by atomic mass is 16.2. The molecular formula is C13H24N4O. The Morgan fingerprint density at radius 3 is 2.44 bits per heavy atom. The maximum Gasteiger partial charge on any atom is 0.135 e. The van der Waals surface area contributed by atoms with E-state index in [0.717, 1.165) is 30.3 Å². The normalized spacial score (nSPS) is 12.6. The molecule has 1 aromatic rings. The van der Waals surface area contributed by atoms with E-state index in [4.69, 9.17) is 5.11 Å². The molecule has 0 radical (unpaired) electrons. The Bertz CT molecular complexity index is 368. The second kappa shape index (κ2) is 7.16. The first-order valence-corrected chi connectivity index (χ1v) is 6.51. The molecule has 0 spiro atoms. The van der Waals surface area contributed by atoms with E-state index in [1.54, 1.807) is 0 Å². The summed E-state index contributed by atoms with van der Waals surface area (Å²) in [5, 5.41) is 15.2. The van der Waals surface area contributed by atoms with Crippen molar-refractivity contribution >= 4 is 11.6 Å². The molecule has 18 heavy (non-hydrogen) atoms. The average Bonchev–Trinajstić information content (AvgIpc) is 2.35. The molecule has 0 aliphatic heterocycles. The van der Waals surface area contributed by atoms with Crippen molar-refractivity contribution in [1.82, 2.24) is 9.97 Å². The van der Waals surface area contributed by atoms with Gasteiger partial charge in [0.15, 0.2) is 0 Å². The molecule has 1 rings (SSSR count). The van der Waals surface area contributed by atoms with E-state index in [1.807, 2.05) is 13.1 Å². The number of rotatable bonds is 7. The van der Waals surface area contributed by atoms with Crippen LogP contribution in [0.1, 0.15) is 45.4 Å². The van der Waals surface area contributed by atoms with Crippen molar-refractivity contribution in [1.29, 1.82) is 0 Å². The van der Waals surface area contributed by atoms with E-state index in [2.05, 4.69) is 41.4 Å². The van der Waals surface area contributed by atoms with Gasteiger partial charge < -0.3 is 15.7 Å². The summed E-state index contributed by atoms with van der Waals surface area (Å²) < 4.78 is 0. The molecule has 0 aliphatic rings. The Morgan fingerprint density at radius 2 is 1.89 bits per heavy atom. The van der Waals surface area contributed by atoms with Crippen LogP contribution in [0, 0.1) is 0 Å². The predicted molar refractivity (Wildman–Crippen MR) is 75.1 cm³/mol. The summed E-state index contributed by atoms with van der Waals surface area (Å²) >= 11 is 0. The number of nitrogens with one attached hydrogen (secondary N) is 2. The Kier molecular flexibility index (Phi) is 5.85. The third kappa shape index (κ3) is 4.49. The molecule has 0 amide bonds. The van der Waals surface area contributed by atoms with Crippen molar-refractivity contribution in [2.75, 3.05) is 24.3 Å². The fourth-order valence-corrected chi connectivity index (χ4v) is 1.65. The zero-order chi connectivity index (χ0) is 13.5. The minimum Gasteiger partial charge on any atom is -0.396 e. The maximum absolute atomic E-state index is 8.82. The third-order valence-corrected chi connectivity index (χ3v) is 2.71. The van der Waals surface area contributed by atoms with Gasteiger partial charge in [-0.25, -0.2) is 9.97 Å². The molecule has 0 saturated heterocycles. The number of aliphatic hydroxyl groups excluding tert-OH is 1. The number of nitrogens with zero attached hydrogens (tertiary/aromatic N) is 2. The van der Waals surface area contributed by atoms with Gasteiger partial charge in [0.1, 0.15) is 17.5 Å². The smallest absolute Gasteiger partial charge is 0.135 e. The standard InChI is InChI=1S/C13H24N4O/c1-9(2)13-16-11(14-4)8-12(17-13)15-10(3)6-5-7-18/h8-10,18H,5-7H2,1-4H3,(H2,14,15,16,17). The molecule has 1 atom stereocenters. The van der Waals surface area contributed by atoms with Crippen LogP contribution in [0.5, 0.6) is 0 Å². The van der Waals surface area contributed by atoms with E-state index in [0.29, 0.717) is 5.92 Å². The van der Waals surface area contributed by atoms with Crippen LogP contribution in [0.4, 0.5) is 11.6 Å². The first-order chi connectivity index (χ1) is 8.56. The number of anilines is 2. The molecule has 1 unspecified atom stereocenters. The van der Waals surface area contributed by atoms with Gasteiger partial charge in [0.2, 0.25) is 0 Å². The van der Waals surface area contributed by atoms with Crippen LogP contribution < -0.4 is 10.6 Å². The van der Waals surface area contributed by atoms with E-state index in [-0.39, 0.29) is 12.6 Å². The van der Waals surface area contributed by atoms with Crippen molar-refractivity contribution in [3.05, 3.63) is 11.9 Å². The Hall–Kier alpha value is -1.36. The lowest BCUT2D eigenvalue weighted by Gasteiger charge is -2.16. The second-order valence-electron chi connectivity index (χ2n) is 4.81. The molecular weight excluding hydrogens is 228 g/mol. The summed E-state index contributed by atoms with van der Waals surface area (Å²) in [4.78, 5) is 8.92. The lowest BCUT2D eigenvalue weighted by Crippen LogP contribution is -2.17. The Labute approximate surface area is 109 Å². The molecule has 5 nitrogen and oxygen atoms in total. The molecule has 0 aromatic carbocycles. The first kappa shape index (κ1) is 14.7. The van der Waals surface area contributed by atoms with E-state index in [9.17, 15) is 0 Å². The SMILES string of the molecule is CNc1cc(NC(C)CCCO)nc(C(C)C)n1. The molecule has 1 aromatic heterocycles. The Morgan fingerprint density at radius 1 is 1.22 bits per heavy atom. The van der Waals surface area contributed by atoms with E-state index < -0.39 is 0 Å². The quantitative estimate of drug-likeness (QED) is 0.694. The van der Waals surface area contributed by atoms with Crippen molar-refractivity contribution in [2.45, 2.75) is 45.6 Å². The van der Waals surface area contributed by atoms with Crippen LogP contribution >= 0.6 is 0 Å². The van der Waals surface area contributed by atoms with Crippen LogP contribution in [0.3, 0.4) is 0 Å². The third-order valence-electron chi connectivity index (χ3n) is 2.71. The highest BCUT2D eigenvalue weighted by molar-refractivity contribution is 5.47. The van der Waals surface area contributed by atoms with Crippen LogP contribution in [-0.4, -0.2) is 34.8 Å². The number of hydrogen-bond donors (Lipinski definition) is 3. The van der Waals surface area contributed by atoms with E-state index >= 15 is 0 Å². The van der Waals surface area contributed by atoms with Gasteiger partial charge in [0, 0.05) is 31.7 Å². The van der Waals surface area contributed by atoms with Gasteiger partial charge >= 0.3 is 0 Å². The van der Waals surface area contributed by atoms with Gasteiger partial charge in [0.25, 0.3) is 0 Å². The van der Waals surface area contributed by atoms with Gasteiger partial charge in [-0.2, -0.15) is 0 Å². The molecule has 5 heteroatoms. The first-order valence-electron chi connectivity index (χ1n) is 6.51. The molecule has 102 valence electrons. The van der Waals surface area contributed by atoms with Crippen LogP contribution in [-0.2, 0) is 0 Å². The minimum atomic E-state index is 0.231. The fourth-order valence-electron chi connectivity index (χ4n) is 1.65. The summed E-state index contributed by atoms with van der Waals surface area (Å²) in [7, 11) is 1.85. The van der Waals surface area contributed by atoms with Crippen molar-refractivity contribution in [2.24, 2.45) is 0 Å². The molecule has 1 heterocycles. The highest BCUT2D eigenvalue weighted by Crippen LogP contribution is 2.17. The molecule has 3 N–H and O–H groups in total. The molecule has 0 bridgehead atoms. The topological polar surface area (TPSA) is 70.1 Å². The number of aliphatic hydroxyl groups is 1. The summed E-state index contributed by atoms with van der Waals surface area (Å²) in [6, 6.07) is 2.19. The maximum atomic E-state index is 8.82. The van der Waals surface area contributed by atoms with Crippen LogP contribution in [0.25, 0.3) is 0 Å². The summed E-state index contributed by atoms with van der Waals surface area (Å²) in [5.41, 5.74) is 0. The van der Waals surface area contributed by atoms with Gasteiger partial charge in [-0.3, -0.25) is 0 Å². The van der Waals surface area contributed by atoms with Crippen molar-refractivity contribution in [3.63, 3.8) is 0 Å². The molecule has 0 aliphatic carbocycles. The van der Waals surface area contributed by atoms with Gasteiger partial charge in [0.05, 0.1) is 0 Å². The van der Waals surface area contributed by atoms with E-state index in [1.165, 1.54) is 0 Å². The monoisotopic (exact) mass is 252 g/mol. The van der Waals surface area contributed by atoms with Crippen LogP contribution in [0.2, 0.25) is 0 Å². The number of aromatic nitrogens is 2. The fraction of sp³-hybridized carbons (Fsp3) is 0.692. The Balaban J connectivity index is 2.77. The van der Waals surface area contributed by atoms with Gasteiger partial charge in [-0.15, -0.1) is 0 Å². The zero-order valence-corrected chi connectivity index (χ0v) is 11.7. The second-order valence-corrected chi connectivity index (χ2v) is 4.81. The molecule has 0 saturated carbocycles. The predicted octanol–water partition coefficient (Wildman–Crippen LogP) is 2.21. The van der Waals surface area contributed by atoms with Crippen molar-refractivity contribution < 1.29 is 5.11 Å². The van der Waals surface area contributed by atoms with Gasteiger partial charge in [-0.05, 0) is 19.8 Å². The highest BCUT2D eigenvalue weighted by Gasteiger charge is 2.09. The van der Waals surface area contributed by atoms with Crippen molar-refractivity contribution in [3.8, 4) is 0 Å². The minimum absolute atomic E-state index is 0.231. The average molecular weight is 252 g/mol. The largest absolute Gasteiger partial charge is 0.396 e. The summed E-state index contributed by atoms with van der Waals surface area (Å²) in [5.74, 6) is 2.79. The molecule has 0 fully saturated rings. The lowest BCUT2D eigenvalue weighted by molar-refractivity contribution is 0.282. The number of hydrogen-bond acceptors (Lipinski definition) is 5. The summed E-state index contributed by atoms with van der Waals surface area (Å²) in [6.45, 7) is 6.47. The van der Waals surface area contributed by atoms with Gasteiger partial charge in [-0.1, -0.05) is 13.8 Å². The lowest BCUT2D eigenvalue weighted by atomic mass is 10.2. The summed E-state index contributed by atoms with van der Waals surface area (Å²) in [6.07, 6.45) is 1.72.